The lowest BCUT2D eigenvalue weighted by atomic mass is 9.82. The van der Waals surface area contributed by atoms with Crippen LogP contribution in [0.5, 0.6) is 0 Å². The van der Waals surface area contributed by atoms with Gasteiger partial charge in [0.25, 0.3) is 0 Å². The largest absolute Gasteiger partial charge is 0.381 e. The van der Waals surface area contributed by atoms with Crippen LogP contribution >= 0.6 is 0 Å². The van der Waals surface area contributed by atoms with Gasteiger partial charge in [0.2, 0.25) is 0 Å². The zero-order valence-electron chi connectivity index (χ0n) is 12.1. The smallest absolute Gasteiger partial charge is 0.0599 e. The minimum atomic E-state index is 0.432. The van der Waals surface area contributed by atoms with Gasteiger partial charge in [0.15, 0.2) is 0 Å². The number of rotatable bonds is 4. The molecule has 2 unspecified atom stereocenters. The van der Waals surface area contributed by atoms with Gasteiger partial charge in [0.1, 0.15) is 0 Å². The summed E-state index contributed by atoms with van der Waals surface area (Å²) in [6.07, 6.45) is 8.41. The second kappa shape index (κ2) is 6.88. The van der Waals surface area contributed by atoms with Crippen LogP contribution in [-0.4, -0.2) is 43.8 Å². The van der Waals surface area contributed by atoms with Gasteiger partial charge in [-0.15, -0.1) is 0 Å². The van der Waals surface area contributed by atoms with E-state index in [0.717, 1.165) is 24.8 Å². The molecule has 2 fully saturated rings. The Hall–Kier alpha value is -0.120. The number of methoxy groups -OCH3 is 1. The van der Waals surface area contributed by atoms with E-state index >= 15 is 0 Å². The Morgan fingerprint density at radius 2 is 1.89 bits per heavy atom. The maximum atomic E-state index is 5.94. The Bertz CT molecular complexity index is 239. The van der Waals surface area contributed by atoms with Crippen molar-refractivity contribution in [3.8, 4) is 0 Å². The molecule has 0 aromatic carbocycles. The maximum absolute atomic E-state index is 5.94. The van der Waals surface area contributed by atoms with E-state index in [0.29, 0.717) is 12.1 Å². The predicted molar refractivity (Wildman–Crippen MR) is 75.6 cm³/mol. The molecule has 1 heterocycles. The molecule has 2 N–H and O–H groups in total. The van der Waals surface area contributed by atoms with E-state index in [9.17, 15) is 0 Å². The van der Waals surface area contributed by atoms with Gasteiger partial charge in [-0.05, 0) is 37.5 Å². The first kappa shape index (κ1) is 14.3. The lowest BCUT2D eigenvalue weighted by Gasteiger charge is -2.41. The van der Waals surface area contributed by atoms with E-state index in [1.54, 1.807) is 0 Å². The Balaban J connectivity index is 1.81. The second-order valence-corrected chi connectivity index (χ2v) is 6.39. The Labute approximate surface area is 112 Å². The van der Waals surface area contributed by atoms with E-state index in [4.69, 9.17) is 10.5 Å². The number of hydrogen-bond donors (Lipinski definition) is 1. The van der Waals surface area contributed by atoms with Crippen molar-refractivity contribution >= 4 is 0 Å². The van der Waals surface area contributed by atoms with Gasteiger partial charge < -0.3 is 10.5 Å². The van der Waals surface area contributed by atoms with E-state index in [1.807, 2.05) is 7.11 Å². The van der Waals surface area contributed by atoms with Gasteiger partial charge >= 0.3 is 0 Å². The fourth-order valence-electron chi connectivity index (χ4n) is 3.61. The van der Waals surface area contributed by atoms with E-state index in [-0.39, 0.29) is 0 Å². The molecule has 0 amide bonds. The third kappa shape index (κ3) is 3.69. The van der Waals surface area contributed by atoms with Crippen LogP contribution in [0.3, 0.4) is 0 Å². The molecule has 1 aliphatic heterocycles. The molecule has 0 aromatic heterocycles. The summed E-state index contributed by atoms with van der Waals surface area (Å²) in [5, 5.41) is 0. The molecule has 0 aromatic rings. The highest BCUT2D eigenvalue weighted by Crippen LogP contribution is 2.30. The summed E-state index contributed by atoms with van der Waals surface area (Å²) in [7, 11) is 1.83. The van der Waals surface area contributed by atoms with Crippen molar-refractivity contribution in [2.24, 2.45) is 17.6 Å². The second-order valence-electron chi connectivity index (χ2n) is 6.39. The van der Waals surface area contributed by atoms with E-state index in [2.05, 4.69) is 11.8 Å². The van der Waals surface area contributed by atoms with Crippen LogP contribution < -0.4 is 5.73 Å². The van der Waals surface area contributed by atoms with Crippen LogP contribution in [0.15, 0.2) is 0 Å². The van der Waals surface area contributed by atoms with Gasteiger partial charge in [-0.3, -0.25) is 4.90 Å². The molecular formula is C15H30N2O. The third-order valence-corrected chi connectivity index (χ3v) is 5.02. The van der Waals surface area contributed by atoms with Gasteiger partial charge in [-0.2, -0.15) is 0 Å². The summed E-state index contributed by atoms with van der Waals surface area (Å²) >= 11 is 0. The molecule has 2 rings (SSSR count). The molecular weight excluding hydrogens is 224 g/mol. The zero-order valence-corrected chi connectivity index (χ0v) is 12.1. The summed E-state index contributed by atoms with van der Waals surface area (Å²) in [6.45, 7) is 5.61. The van der Waals surface area contributed by atoms with Crippen LogP contribution in [0.4, 0.5) is 0 Å². The highest BCUT2D eigenvalue weighted by Gasteiger charge is 2.29. The first-order chi connectivity index (χ1) is 8.72. The lowest BCUT2D eigenvalue weighted by Crippen LogP contribution is -2.50. The first-order valence-electron chi connectivity index (χ1n) is 7.69. The standard InChI is InChI=1S/C15H30N2O/c1-12-3-5-13(6-4-12)11-17-8-7-15(18-2)9-14(17)10-16/h12-15H,3-11,16H2,1-2H3. The van der Waals surface area contributed by atoms with Crippen molar-refractivity contribution in [3.63, 3.8) is 0 Å². The molecule has 0 radical (unpaired) electrons. The molecule has 1 aliphatic carbocycles. The van der Waals surface area contributed by atoms with E-state index < -0.39 is 0 Å². The summed E-state index contributed by atoms with van der Waals surface area (Å²) in [4.78, 5) is 2.64. The molecule has 1 saturated carbocycles. The summed E-state index contributed by atoms with van der Waals surface area (Å²) in [5.74, 6) is 1.86. The van der Waals surface area contributed by atoms with Crippen LogP contribution in [0.25, 0.3) is 0 Å². The molecule has 1 saturated heterocycles. The third-order valence-electron chi connectivity index (χ3n) is 5.02. The highest BCUT2D eigenvalue weighted by molar-refractivity contribution is 4.85. The van der Waals surface area contributed by atoms with Gasteiger partial charge in [0.05, 0.1) is 6.10 Å². The van der Waals surface area contributed by atoms with Crippen molar-refractivity contribution in [3.05, 3.63) is 0 Å². The molecule has 2 atom stereocenters. The SMILES string of the molecule is COC1CCN(CC2CCC(C)CC2)C(CN)C1. The normalized spacial score (nSPS) is 38.8. The van der Waals surface area contributed by atoms with Crippen LogP contribution in [0.1, 0.15) is 45.4 Å². The van der Waals surface area contributed by atoms with Crippen molar-refractivity contribution in [1.82, 2.24) is 4.90 Å². The molecule has 3 nitrogen and oxygen atoms in total. The van der Waals surface area contributed by atoms with Crippen LogP contribution in [0.2, 0.25) is 0 Å². The van der Waals surface area contributed by atoms with Crippen molar-refractivity contribution in [1.29, 1.82) is 0 Å². The summed E-state index contributed by atoms with van der Waals surface area (Å²) < 4.78 is 5.49. The quantitative estimate of drug-likeness (QED) is 0.836. The molecule has 0 spiro atoms. The van der Waals surface area contributed by atoms with Crippen LogP contribution in [-0.2, 0) is 4.74 Å². The fourth-order valence-corrected chi connectivity index (χ4v) is 3.61. The Morgan fingerprint density at radius 1 is 1.17 bits per heavy atom. The zero-order chi connectivity index (χ0) is 13.0. The minimum absolute atomic E-state index is 0.432. The number of likely N-dealkylation sites (tertiary alicyclic amines) is 1. The molecule has 18 heavy (non-hydrogen) atoms. The number of ether oxygens (including phenoxy) is 1. The number of hydrogen-bond acceptors (Lipinski definition) is 3. The lowest BCUT2D eigenvalue weighted by molar-refractivity contribution is 0.00486. The monoisotopic (exact) mass is 254 g/mol. The Kier molecular flexibility index (Phi) is 5.46. The first-order valence-corrected chi connectivity index (χ1v) is 7.69. The number of piperidine rings is 1. The molecule has 106 valence electrons. The van der Waals surface area contributed by atoms with Gasteiger partial charge in [0, 0.05) is 32.8 Å². The minimum Gasteiger partial charge on any atom is -0.381 e. The van der Waals surface area contributed by atoms with E-state index in [1.165, 1.54) is 45.2 Å². The number of nitrogens with two attached hydrogens (primary N) is 1. The average molecular weight is 254 g/mol. The topological polar surface area (TPSA) is 38.5 Å². The predicted octanol–water partition coefficient (Wildman–Crippen LogP) is 2.25. The average Bonchev–Trinajstić information content (AvgIpc) is 2.41. The van der Waals surface area contributed by atoms with Gasteiger partial charge in [-0.1, -0.05) is 19.8 Å². The van der Waals surface area contributed by atoms with Crippen LogP contribution in [0, 0.1) is 11.8 Å². The maximum Gasteiger partial charge on any atom is 0.0599 e. The number of nitrogens with zero attached hydrogens (tertiary/aromatic N) is 1. The van der Waals surface area contributed by atoms with Crippen molar-refractivity contribution in [2.75, 3.05) is 26.7 Å². The van der Waals surface area contributed by atoms with Crippen molar-refractivity contribution < 1.29 is 4.74 Å². The molecule has 0 bridgehead atoms. The highest BCUT2D eigenvalue weighted by atomic mass is 16.5. The Morgan fingerprint density at radius 3 is 2.50 bits per heavy atom. The summed E-state index contributed by atoms with van der Waals surface area (Å²) in [6, 6.07) is 0.544. The molecule has 2 aliphatic rings. The van der Waals surface area contributed by atoms with Gasteiger partial charge in [-0.25, -0.2) is 0 Å². The fraction of sp³-hybridized carbons (Fsp3) is 1.00. The molecule has 3 heteroatoms. The van der Waals surface area contributed by atoms with Crippen molar-refractivity contribution in [2.45, 2.75) is 57.6 Å². The summed E-state index contributed by atoms with van der Waals surface area (Å²) in [5.41, 5.74) is 5.94.